The minimum Gasteiger partial charge on any atom is -0.306 e. The van der Waals surface area contributed by atoms with Gasteiger partial charge in [0.15, 0.2) is 0 Å². The van der Waals surface area contributed by atoms with Crippen LogP contribution in [0.15, 0.2) is 95.6 Å². The van der Waals surface area contributed by atoms with Crippen molar-refractivity contribution in [2.45, 2.75) is 0 Å². The normalized spacial score (nSPS) is 12.6. The third kappa shape index (κ3) is 2.81. The lowest BCUT2D eigenvalue weighted by Crippen LogP contribution is -1.99. The minimum absolute atomic E-state index is 0.851. The summed E-state index contributed by atoms with van der Waals surface area (Å²) < 4.78 is 4.41. The Balaban J connectivity index is 1.84. The van der Waals surface area contributed by atoms with Crippen LogP contribution in [0.5, 0.6) is 0 Å². The van der Waals surface area contributed by atoms with Crippen LogP contribution >= 0.6 is 0 Å². The van der Waals surface area contributed by atoms with E-state index >= 15 is 0 Å². The van der Waals surface area contributed by atoms with Crippen LogP contribution in [-0.4, -0.2) is 39.1 Å². The molecule has 0 aliphatic heterocycles. The number of aliphatic imine (C=N–C) groups is 2. The van der Waals surface area contributed by atoms with E-state index in [9.17, 15) is 0 Å². The number of hydrogen-bond acceptors (Lipinski definition) is 4. The highest BCUT2D eigenvalue weighted by molar-refractivity contribution is 6.21. The summed E-state index contributed by atoms with van der Waals surface area (Å²) in [4.78, 5) is 16.8. The van der Waals surface area contributed by atoms with Crippen molar-refractivity contribution in [1.29, 1.82) is 0 Å². The summed E-state index contributed by atoms with van der Waals surface area (Å²) in [5.41, 5.74) is 6.13. The number of para-hydroxylation sites is 2. The van der Waals surface area contributed by atoms with E-state index in [1.165, 1.54) is 21.5 Å². The van der Waals surface area contributed by atoms with Gasteiger partial charge in [-0.3, -0.25) is 9.98 Å². The summed E-state index contributed by atoms with van der Waals surface area (Å²) in [6, 6.07) is 21.4. The summed E-state index contributed by atoms with van der Waals surface area (Å²) in [5.74, 6) is 0. The van der Waals surface area contributed by atoms with Gasteiger partial charge in [0.1, 0.15) is 6.33 Å². The van der Waals surface area contributed by atoms with Crippen LogP contribution < -0.4 is 0 Å². The molecule has 158 valence electrons. The first-order valence-electron chi connectivity index (χ1n) is 10.6. The molecule has 0 atom stereocenters. The molecule has 0 radical (unpaired) electrons. The van der Waals surface area contributed by atoms with Crippen LogP contribution in [0.3, 0.4) is 0 Å². The molecule has 6 heteroatoms. The maximum absolute atomic E-state index is 4.26. The van der Waals surface area contributed by atoms with Crippen LogP contribution in [0, 0.1) is 0 Å². The van der Waals surface area contributed by atoms with Gasteiger partial charge in [0, 0.05) is 34.8 Å². The molecule has 0 unspecified atom stereocenters. The minimum atomic E-state index is 0.851. The maximum Gasteiger partial charge on any atom is 0.115 e. The zero-order valence-electron chi connectivity index (χ0n) is 18.1. The number of benzene rings is 3. The van der Waals surface area contributed by atoms with Gasteiger partial charge in [0.25, 0.3) is 0 Å². The fourth-order valence-corrected chi connectivity index (χ4v) is 4.77. The van der Waals surface area contributed by atoms with E-state index in [1.54, 1.807) is 19.6 Å². The topological polar surface area (TPSA) is 60.4 Å². The number of rotatable bonds is 4. The van der Waals surface area contributed by atoms with Gasteiger partial charge in [-0.1, -0.05) is 36.4 Å². The fourth-order valence-electron chi connectivity index (χ4n) is 4.77. The molecule has 0 fully saturated rings. The van der Waals surface area contributed by atoms with Gasteiger partial charge in [-0.15, -0.1) is 0 Å². The summed E-state index contributed by atoms with van der Waals surface area (Å²) in [7, 11) is 1.76. The lowest BCUT2D eigenvalue weighted by atomic mass is 10.1. The van der Waals surface area contributed by atoms with Gasteiger partial charge in [-0.2, -0.15) is 0 Å². The van der Waals surface area contributed by atoms with Crippen LogP contribution in [0.1, 0.15) is 0 Å². The summed E-state index contributed by atoms with van der Waals surface area (Å²) >= 11 is 0. The van der Waals surface area contributed by atoms with Gasteiger partial charge in [-0.05, 0) is 31.0 Å². The second-order valence-electron chi connectivity index (χ2n) is 7.81. The van der Waals surface area contributed by atoms with E-state index in [4.69, 9.17) is 0 Å². The molecule has 33 heavy (non-hydrogen) atoms. The van der Waals surface area contributed by atoms with Gasteiger partial charge >= 0.3 is 0 Å². The molecule has 0 spiro atoms. The number of hydrogen-bond donors (Lipinski definition) is 0. The van der Waals surface area contributed by atoms with Crippen molar-refractivity contribution in [3.8, 4) is 5.69 Å². The maximum atomic E-state index is 4.26. The molecule has 3 aromatic heterocycles. The van der Waals surface area contributed by atoms with Gasteiger partial charge in [0.2, 0.25) is 0 Å². The van der Waals surface area contributed by atoms with Crippen LogP contribution in [0.4, 0.5) is 0 Å². The molecule has 0 saturated carbocycles. The van der Waals surface area contributed by atoms with Crippen molar-refractivity contribution in [2.75, 3.05) is 7.05 Å². The predicted octanol–water partition coefficient (Wildman–Crippen LogP) is 5.88. The van der Waals surface area contributed by atoms with Crippen LogP contribution in [0.25, 0.3) is 55.0 Å². The van der Waals surface area contributed by atoms with E-state index in [0.717, 1.165) is 33.5 Å². The third-order valence-corrected chi connectivity index (χ3v) is 6.01. The zero-order chi connectivity index (χ0) is 22.4. The zero-order valence-corrected chi connectivity index (χ0v) is 18.1. The van der Waals surface area contributed by atoms with Crippen molar-refractivity contribution in [2.24, 2.45) is 9.98 Å². The molecular weight excluding hydrogens is 408 g/mol. The Labute approximate surface area is 189 Å². The largest absolute Gasteiger partial charge is 0.306 e. The Kier molecular flexibility index (Phi) is 4.36. The van der Waals surface area contributed by atoms with Crippen molar-refractivity contribution in [3.63, 3.8) is 0 Å². The monoisotopic (exact) mass is 428 g/mol. The average molecular weight is 428 g/mol. The van der Waals surface area contributed by atoms with E-state index in [-0.39, 0.29) is 0 Å². The first-order chi connectivity index (χ1) is 16.3. The molecule has 0 aliphatic rings. The van der Waals surface area contributed by atoms with Crippen molar-refractivity contribution < 1.29 is 0 Å². The Morgan fingerprint density at radius 2 is 1.48 bits per heavy atom. The molecule has 6 nitrogen and oxygen atoms in total. The van der Waals surface area contributed by atoms with Crippen molar-refractivity contribution >= 4 is 62.2 Å². The van der Waals surface area contributed by atoms with Gasteiger partial charge in [0.05, 0.1) is 52.0 Å². The number of nitrogens with zero attached hydrogens (tertiary/aromatic N) is 6. The summed E-state index contributed by atoms with van der Waals surface area (Å²) in [5, 5.41) is 4.72. The molecule has 6 aromatic rings. The van der Waals surface area contributed by atoms with Crippen molar-refractivity contribution in [1.82, 2.24) is 19.1 Å². The third-order valence-electron chi connectivity index (χ3n) is 6.01. The van der Waals surface area contributed by atoms with Gasteiger partial charge in [-0.25, -0.2) is 9.97 Å². The second-order valence-corrected chi connectivity index (χ2v) is 7.81. The Bertz CT molecular complexity index is 1730. The van der Waals surface area contributed by atoms with E-state index in [2.05, 4.69) is 96.5 Å². The highest BCUT2D eigenvalue weighted by Crippen LogP contribution is 2.39. The van der Waals surface area contributed by atoms with Crippen molar-refractivity contribution in [3.05, 3.63) is 85.6 Å². The smallest absolute Gasteiger partial charge is 0.115 e. The molecule has 0 amide bonds. The first kappa shape index (κ1) is 19.1. The van der Waals surface area contributed by atoms with E-state index < -0.39 is 0 Å². The molecule has 6 rings (SSSR count). The highest BCUT2D eigenvalue weighted by atomic mass is 15.0. The number of allylic oxidation sites excluding steroid dienone is 1. The molecule has 0 N–H and O–H groups in total. The highest BCUT2D eigenvalue weighted by Gasteiger charge is 2.18. The van der Waals surface area contributed by atoms with E-state index in [1.807, 2.05) is 18.6 Å². The molecule has 3 aromatic carbocycles. The van der Waals surface area contributed by atoms with E-state index in [0.29, 0.717) is 0 Å². The average Bonchev–Trinajstić information content (AvgIpc) is 3.35. The Morgan fingerprint density at radius 1 is 0.818 bits per heavy atom. The predicted molar refractivity (Wildman–Crippen MR) is 138 cm³/mol. The lowest BCUT2D eigenvalue weighted by molar-refractivity contribution is 1.07. The molecule has 0 aliphatic carbocycles. The standard InChI is InChI=1S/C27H20N6/c1-28-13-18(14-29-2)32-24-9-5-3-7-20(24)22-11-23-21-8-4-6-10-25(21)33(27(23)12-26(22)32)19-15-30-17-31-16-19/h3-17H,1H2,2H3/b18-13+,29-14-. The molecular formula is C27H20N6. The lowest BCUT2D eigenvalue weighted by Gasteiger charge is -2.09. The molecule has 3 heterocycles. The molecule has 0 bridgehead atoms. The second kappa shape index (κ2) is 7.53. The van der Waals surface area contributed by atoms with Crippen LogP contribution in [-0.2, 0) is 0 Å². The molecule has 0 saturated heterocycles. The van der Waals surface area contributed by atoms with Crippen LogP contribution in [0.2, 0.25) is 0 Å². The Morgan fingerprint density at radius 3 is 2.21 bits per heavy atom. The fraction of sp³-hybridized carbons (Fsp3) is 0.0370. The summed E-state index contributed by atoms with van der Waals surface area (Å²) in [6.45, 7) is 3.67. The van der Waals surface area contributed by atoms with Gasteiger partial charge < -0.3 is 9.13 Å². The summed E-state index contributed by atoms with van der Waals surface area (Å²) in [6.07, 6.45) is 8.79. The SMILES string of the molecule is C=N/C=C(\C=N/C)n1c2ccccc2c2cc3c4ccccc4n(-c4cncnc4)c3cc21. The first-order valence-corrected chi connectivity index (χ1v) is 10.6. The number of aromatic nitrogens is 4. The quantitative estimate of drug-likeness (QED) is 0.329. The Hall–Kier alpha value is -4.58. The number of fused-ring (bicyclic) bond motifs is 6.